The average molecular weight is 285 g/mol. The zero-order valence-corrected chi connectivity index (χ0v) is 12.7. The van der Waals surface area contributed by atoms with Gasteiger partial charge in [0, 0.05) is 32.8 Å². The summed E-state index contributed by atoms with van der Waals surface area (Å²) in [5.74, 6) is 0.148. The third-order valence-corrected chi connectivity index (χ3v) is 3.86. The fraction of sp³-hybridized carbons (Fsp3) is 0.857. The second-order valence-corrected chi connectivity index (χ2v) is 5.68. The molecule has 6 nitrogen and oxygen atoms in total. The minimum atomic E-state index is -0.136. The van der Waals surface area contributed by atoms with Crippen LogP contribution in [0.25, 0.3) is 0 Å². The van der Waals surface area contributed by atoms with Gasteiger partial charge in [-0.2, -0.15) is 0 Å². The smallest absolute Gasteiger partial charge is 0.248 e. The highest BCUT2D eigenvalue weighted by Crippen LogP contribution is 2.14. The molecular weight excluding hydrogens is 258 g/mol. The molecule has 1 atom stereocenters. The van der Waals surface area contributed by atoms with Gasteiger partial charge in [-0.3, -0.25) is 9.59 Å². The number of rotatable bonds is 6. The van der Waals surface area contributed by atoms with Crippen LogP contribution in [0, 0.1) is 11.8 Å². The Morgan fingerprint density at radius 3 is 2.40 bits per heavy atom. The maximum atomic E-state index is 12.1. The predicted octanol–water partition coefficient (Wildman–Crippen LogP) is -0.0291. The summed E-state index contributed by atoms with van der Waals surface area (Å²) in [5.41, 5.74) is 5.65. The minimum Gasteiger partial charge on any atom is -0.375 e. The number of piperidine rings is 1. The summed E-state index contributed by atoms with van der Waals surface area (Å²) < 4.78 is 4.85. The van der Waals surface area contributed by atoms with E-state index in [9.17, 15) is 9.59 Å². The van der Waals surface area contributed by atoms with E-state index in [1.807, 2.05) is 13.8 Å². The number of hydrogen-bond donors (Lipinski definition) is 2. The minimum absolute atomic E-state index is 0.0132. The summed E-state index contributed by atoms with van der Waals surface area (Å²) in [5, 5.41) is 3.05. The molecule has 1 aliphatic heterocycles. The molecule has 1 unspecified atom stereocenters. The zero-order valence-electron chi connectivity index (χ0n) is 12.7. The molecule has 0 saturated carbocycles. The Balaban J connectivity index is 2.39. The van der Waals surface area contributed by atoms with E-state index in [4.69, 9.17) is 10.5 Å². The molecule has 6 heteroatoms. The third kappa shape index (κ3) is 4.76. The molecule has 0 radical (unpaired) electrons. The number of methoxy groups -OCH3 is 1. The normalized spacial score (nSPS) is 18.1. The van der Waals surface area contributed by atoms with Crippen molar-refractivity contribution >= 4 is 11.8 Å². The van der Waals surface area contributed by atoms with Crippen molar-refractivity contribution in [3.8, 4) is 0 Å². The van der Waals surface area contributed by atoms with Gasteiger partial charge in [0.15, 0.2) is 0 Å². The maximum absolute atomic E-state index is 12.1. The Morgan fingerprint density at radius 2 is 1.95 bits per heavy atom. The lowest BCUT2D eigenvalue weighted by Gasteiger charge is -2.33. The molecule has 0 aliphatic carbocycles. The molecule has 0 aromatic carbocycles. The fourth-order valence-corrected chi connectivity index (χ4v) is 2.48. The topological polar surface area (TPSA) is 84.7 Å². The van der Waals surface area contributed by atoms with Crippen LogP contribution in [0.2, 0.25) is 0 Å². The number of carbonyl (C=O) groups is 2. The van der Waals surface area contributed by atoms with Crippen molar-refractivity contribution in [2.45, 2.75) is 32.7 Å². The largest absolute Gasteiger partial charge is 0.375 e. The van der Waals surface area contributed by atoms with Gasteiger partial charge in [-0.05, 0) is 18.8 Å². The molecule has 20 heavy (non-hydrogen) atoms. The first-order valence-electron chi connectivity index (χ1n) is 7.26. The number of likely N-dealkylation sites (tertiary alicyclic amines) is 1. The van der Waals surface area contributed by atoms with Crippen molar-refractivity contribution < 1.29 is 14.3 Å². The van der Waals surface area contributed by atoms with Crippen molar-refractivity contribution in [2.75, 3.05) is 33.4 Å². The first-order valence-corrected chi connectivity index (χ1v) is 7.26. The van der Waals surface area contributed by atoms with Gasteiger partial charge in [0.05, 0.1) is 5.92 Å². The molecule has 1 fully saturated rings. The van der Waals surface area contributed by atoms with Crippen LogP contribution >= 0.6 is 0 Å². The van der Waals surface area contributed by atoms with E-state index in [0.717, 1.165) is 12.8 Å². The molecule has 0 bridgehead atoms. The number of amides is 2. The number of hydrogen-bond acceptors (Lipinski definition) is 4. The molecule has 3 N–H and O–H groups in total. The highest BCUT2D eigenvalue weighted by Gasteiger charge is 2.27. The second-order valence-electron chi connectivity index (χ2n) is 5.68. The molecule has 0 aromatic heterocycles. The number of carbonyl (C=O) groups excluding carboxylic acids is 2. The van der Waals surface area contributed by atoms with Gasteiger partial charge in [0.25, 0.3) is 0 Å². The molecule has 0 spiro atoms. The predicted molar refractivity (Wildman–Crippen MR) is 77.0 cm³/mol. The van der Waals surface area contributed by atoms with Gasteiger partial charge in [0.1, 0.15) is 6.61 Å². The maximum Gasteiger partial charge on any atom is 0.248 e. The summed E-state index contributed by atoms with van der Waals surface area (Å²) in [6.45, 7) is 5.84. The summed E-state index contributed by atoms with van der Waals surface area (Å²) in [4.78, 5) is 25.6. The van der Waals surface area contributed by atoms with E-state index in [2.05, 4.69) is 5.32 Å². The second kappa shape index (κ2) is 8.21. The number of ether oxygens (including phenoxy) is 1. The Bertz CT molecular complexity index is 326. The Labute approximate surface area is 121 Å². The third-order valence-electron chi connectivity index (χ3n) is 3.86. The van der Waals surface area contributed by atoms with Crippen LogP contribution in [-0.4, -0.2) is 56.1 Å². The van der Waals surface area contributed by atoms with Crippen molar-refractivity contribution in [3.05, 3.63) is 0 Å². The van der Waals surface area contributed by atoms with E-state index >= 15 is 0 Å². The Kier molecular flexibility index (Phi) is 6.95. The first kappa shape index (κ1) is 16.9. The van der Waals surface area contributed by atoms with Crippen LogP contribution in [0.5, 0.6) is 0 Å². The Hall–Kier alpha value is -1.14. The summed E-state index contributed by atoms with van der Waals surface area (Å²) in [7, 11) is 1.52. The highest BCUT2D eigenvalue weighted by atomic mass is 16.5. The lowest BCUT2D eigenvalue weighted by Crippen LogP contribution is -2.49. The number of nitrogens with zero attached hydrogens (tertiary/aromatic N) is 1. The van der Waals surface area contributed by atoms with Gasteiger partial charge >= 0.3 is 0 Å². The van der Waals surface area contributed by atoms with Crippen LogP contribution in [0.1, 0.15) is 26.7 Å². The summed E-state index contributed by atoms with van der Waals surface area (Å²) in [6, 6.07) is 0.141. The quantitative estimate of drug-likeness (QED) is 0.718. The van der Waals surface area contributed by atoms with Gasteiger partial charge in [0.2, 0.25) is 11.8 Å². The lowest BCUT2D eigenvalue weighted by atomic mass is 9.94. The first-order chi connectivity index (χ1) is 9.49. The van der Waals surface area contributed by atoms with Crippen molar-refractivity contribution in [1.29, 1.82) is 0 Å². The molecule has 2 amide bonds. The van der Waals surface area contributed by atoms with E-state index in [1.54, 1.807) is 4.90 Å². The molecular formula is C14H27N3O3. The lowest BCUT2D eigenvalue weighted by molar-refractivity contribution is -0.136. The average Bonchev–Trinajstić information content (AvgIpc) is 2.40. The Morgan fingerprint density at radius 1 is 1.35 bits per heavy atom. The van der Waals surface area contributed by atoms with Gasteiger partial charge in [-0.1, -0.05) is 13.8 Å². The monoisotopic (exact) mass is 285 g/mol. The van der Waals surface area contributed by atoms with E-state index in [-0.39, 0.29) is 36.3 Å². The molecule has 116 valence electrons. The molecule has 0 aromatic rings. The van der Waals surface area contributed by atoms with Crippen LogP contribution < -0.4 is 11.1 Å². The summed E-state index contributed by atoms with van der Waals surface area (Å²) >= 11 is 0. The standard InChI is InChI=1S/C14H27N3O3/c1-10(2)12(8-15)14(19)16-11-4-6-17(7-5-11)13(18)9-20-3/h10-12H,4-9,15H2,1-3H3,(H,16,19). The number of nitrogens with one attached hydrogen (secondary N) is 1. The van der Waals surface area contributed by atoms with Crippen LogP contribution in [0.15, 0.2) is 0 Å². The van der Waals surface area contributed by atoms with E-state index in [1.165, 1.54) is 7.11 Å². The van der Waals surface area contributed by atoms with Crippen molar-refractivity contribution in [3.63, 3.8) is 0 Å². The van der Waals surface area contributed by atoms with Crippen LogP contribution in [-0.2, 0) is 14.3 Å². The highest BCUT2D eigenvalue weighted by molar-refractivity contribution is 5.79. The summed E-state index contributed by atoms with van der Waals surface area (Å²) in [6.07, 6.45) is 1.58. The van der Waals surface area contributed by atoms with Crippen molar-refractivity contribution in [2.24, 2.45) is 17.6 Å². The molecule has 1 saturated heterocycles. The van der Waals surface area contributed by atoms with Crippen LogP contribution in [0.4, 0.5) is 0 Å². The van der Waals surface area contributed by atoms with Gasteiger partial charge in [-0.15, -0.1) is 0 Å². The van der Waals surface area contributed by atoms with E-state index < -0.39 is 0 Å². The van der Waals surface area contributed by atoms with Crippen LogP contribution in [0.3, 0.4) is 0 Å². The SMILES string of the molecule is COCC(=O)N1CCC(NC(=O)C(CN)C(C)C)CC1. The van der Waals surface area contributed by atoms with E-state index in [0.29, 0.717) is 19.6 Å². The van der Waals surface area contributed by atoms with Gasteiger partial charge < -0.3 is 20.7 Å². The molecule has 1 aliphatic rings. The van der Waals surface area contributed by atoms with Gasteiger partial charge in [-0.25, -0.2) is 0 Å². The number of nitrogens with two attached hydrogens (primary N) is 1. The zero-order chi connectivity index (χ0) is 15.1. The fourth-order valence-electron chi connectivity index (χ4n) is 2.48. The molecule has 1 heterocycles. The molecule has 1 rings (SSSR count). The van der Waals surface area contributed by atoms with Crippen molar-refractivity contribution in [1.82, 2.24) is 10.2 Å².